The van der Waals surface area contributed by atoms with Gasteiger partial charge in [0.25, 0.3) is 0 Å². The molecular formula is C15H15N3. The predicted octanol–water partition coefficient (Wildman–Crippen LogP) is 3.74. The van der Waals surface area contributed by atoms with Crippen LogP contribution in [0.15, 0.2) is 54.6 Å². The van der Waals surface area contributed by atoms with E-state index in [4.69, 9.17) is 5.26 Å². The SMILES string of the molecule is CCN(c1ccccc1)c1ccc(NC#N)cc1. The summed E-state index contributed by atoms with van der Waals surface area (Å²) in [5.41, 5.74) is 3.10. The van der Waals surface area contributed by atoms with E-state index in [0.29, 0.717) is 0 Å². The van der Waals surface area contributed by atoms with E-state index >= 15 is 0 Å². The van der Waals surface area contributed by atoms with E-state index in [2.05, 4.69) is 29.3 Å². The van der Waals surface area contributed by atoms with Gasteiger partial charge in [0.05, 0.1) is 0 Å². The molecule has 0 aliphatic heterocycles. The van der Waals surface area contributed by atoms with E-state index in [1.165, 1.54) is 5.69 Å². The number of hydrogen-bond acceptors (Lipinski definition) is 3. The molecule has 1 N–H and O–H groups in total. The molecule has 0 bridgehead atoms. The highest BCUT2D eigenvalue weighted by Gasteiger charge is 2.05. The van der Waals surface area contributed by atoms with Crippen molar-refractivity contribution >= 4 is 17.1 Å². The van der Waals surface area contributed by atoms with Crippen LogP contribution in [0.2, 0.25) is 0 Å². The molecule has 3 heteroatoms. The quantitative estimate of drug-likeness (QED) is 0.650. The second kappa shape index (κ2) is 5.74. The van der Waals surface area contributed by atoms with Crippen LogP contribution in [-0.4, -0.2) is 6.54 Å². The molecule has 0 aliphatic carbocycles. The van der Waals surface area contributed by atoms with Gasteiger partial charge in [-0.3, -0.25) is 5.32 Å². The van der Waals surface area contributed by atoms with Crippen LogP contribution < -0.4 is 10.2 Å². The molecular weight excluding hydrogens is 222 g/mol. The number of rotatable bonds is 4. The first-order valence-corrected chi connectivity index (χ1v) is 5.93. The molecule has 0 saturated carbocycles. The molecule has 0 saturated heterocycles. The highest BCUT2D eigenvalue weighted by atomic mass is 15.1. The first-order valence-electron chi connectivity index (χ1n) is 5.93. The largest absolute Gasteiger partial charge is 0.342 e. The third-order valence-electron chi connectivity index (χ3n) is 2.76. The predicted molar refractivity (Wildman–Crippen MR) is 74.8 cm³/mol. The maximum absolute atomic E-state index is 8.55. The summed E-state index contributed by atoms with van der Waals surface area (Å²) in [5, 5.41) is 11.2. The van der Waals surface area contributed by atoms with Gasteiger partial charge in [0.15, 0.2) is 6.19 Å². The van der Waals surface area contributed by atoms with Gasteiger partial charge in [0, 0.05) is 23.6 Å². The van der Waals surface area contributed by atoms with Crippen molar-refractivity contribution in [1.29, 1.82) is 5.26 Å². The van der Waals surface area contributed by atoms with Gasteiger partial charge >= 0.3 is 0 Å². The van der Waals surface area contributed by atoms with Gasteiger partial charge in [0.2, 0.25) is 0 Å². The van der Waals surface area contributed by atoms with Gasteiger partial charge in [-0.2, -0.15) is 5.26 Å². The molecule has 0 aliphatic rings. The molecule has 2 aromatic carbocycles. The average molecular weight is 237 g/mol. The van der Waals surface area contributed by atoms with Crippen molar-refractivity contribution < 1.29 is 0 Å². The van der Waals surface area contributed by atoms with Crippen LogP contribution in [0.5, 0.6) is 0 Å². The Hall–Kier alpha value is -2.47. The van der Waals surface area contributed by atoms with Crippen LogP contribution in [0.3, 0.4) is 0 Å². The summed E-state index contributed by atoms with van der Waals surface area (Å²) < 4.78 is 0. The number of benzene rings is 2. The maximum Gasteiger partial charge on any atom is 0.181 e. The molecule has 3 nitrogen and oxygen atoms in total. The molecule has 0 radical (unpaired) electrons. The molecule has 2 rings (SSSR count). The fraction of sp³-hybridized carbons (Fsp3) is 0.133. The summed E-state index contributed by atoms with van der Waals surface area (Å²) in [6, 6.07) is 18.1. The smallest absolute Gasteiger partial charge is 0.181 e. The van der Waals surface area contributed by atoms with Gasteiger partial charge in [-0.1, -0.05) is 18.2 Å². The summed E-state index contributed by atoms with van der Waals surface area (Å²) in [6.45, 7) is 3.02. The van der Waals surface area contributed by atoms with E-state index in [9.17, 15) is 0 Å². The molecule has 0 heterocycles. The zero-order valence-electron chi connectivity index (χ0n) is 10.3. The lowest BCUT2D eigenvalue weighted by Crippen LogP contribution is -2.15. The maximum atomic E-state index is 8.55. The molecule has 0 amide bonds. The lowest BCUT2D eigenvalue weighted by molar-refractivity contribution is 1.02. The van der Waals surface area contributed by atoms with Crippen LogP contribution in [-0.2, 0) is 0 Å². The number of anilines is 3. The van der Waals surface area contributed by atoms with Gasteiger partial charge in [0.1, 0.15) is 0 Å². The first kappa shape index (κ1) is 12.0. The minimum Gasteiger partial charge on any atom is -0.342 e. The van der Waals surface area contributed by atoms with Crippen molar-refractivity contribution in [1.82, 2.24) is 0 Å². The second-order valence-corrected chi connectivity index (χ2v) is 3.86. The Kier molecular flexibility index (Phi) is 3.83. The van der Waals surface area contributed by atoms with Gasteiger partial charge in [-0.05, 0) is 43.3 Å². The van der Waals surface area contributed by atoms with Crippen molar-refractivity contribution in [3.05, 3.63) is 54.6 Å². The van der Waals surface area contributed by atoms with Crippen LogP contribution >= 0.6 is 0 Å². The minimum atomic E-state index is 0.811. The van der Waals surface area contributed by atoms with Crippen LogP contribution in [0, 0.1) is 11.5 Å². The van der Waals surface area contributed by atoms with E-state index in [-0.39, 0.29) is 0 Å². The summed E-state index contributed by atoms with van der Waals surface area (Å²) >= 11 is 0. The Labute approximate surface area is 107 Å². The summed E-state index contributed by atoms with van der Waals surface area (Å²) in [5.74, 6) is 0. The van der Waals surface area contributed by atoms with E-state index in [1.54, 1.807) is 0 Å². The minimum absolute atomic E-state index is 0.811. The normalized spacial score (nSPS) is 9.56. The molecule has 90 valence electrons. The van der Waals surface area contributed by atoms with Crippen LogP contribution in [0.25, 0.3) is 0 Å². The van der Waals surface area contributed by atoms with Gasteiger partial charge in [-0.25, -0.2) is 0 Å². The number of nitrogens with one attached hydrogen (secondary N) is 1. The third kappa shape index (κ3) is 2.61. The Balaban J connectivity index is 2.26. The standard InChI is InChI=1S/C15H15N3/c1-2-18(14-6-4-3-5-7-14)15-10-8-13(9-11-15)17-12-16/h3-11,17H,2H2,1H3. The van der Waals surface area contributed by atoms with Crippen molar-refractivity contribution in [3.8, 4) is 6.19 Å². The molecule has 0 aromatic heterocycles. The summed E-state index contributed by atoms with van der Waals surface area (Å²) in [4.78, 5) is 2.22. The lowest BCUT2D eigenvalue weighted by Gasteiger charge is -2.23. The number of nitriles is 1. The van der Waals surface area contributed by atoms with E-state index in [1.807, 2.05) is 48.7 Å². The average Bonchev–Trinajstić information content (AvgIpc) is 2.43. The van der Waals surface area contributed by atoms with E-state index < -0.39 is 0 Å². The highest BCUT2D eigenvalue weighted by Crippen LogP contribution is 2.25. The van der Waals surface area contributed by atoms with Crippen molar-refractivity contribution in [2.75, 3.05) is 16.8 Å². The number of para-hydroxylation sites is 1. The van der Waals surface area contributed by atoms with Crippen molar-refractivity contribution in [2.45, 2.75) is 6.92 Å². The molecule has 2 aromatic rings. The second-order valence-electron chi connectivity index (χ2n) is 3.86. The molecule has 0 spiro atoms. The Morgan fingerprint density at radius 1 is 1.00 bits per heavy atom. The zero-order valence-corrected chi connectivity index (χ0v) is 10.3. The summed E-state index contributed by atoms with van der Waals surface area (Å²) in [7, 11) is 0. The Morgan fingerprint density at radius 3 is 2.17 bits per heavy atom. The van der Waals surface area contributed by atoms with Crippen LogP contribution in [0.1, 0.15) is 6.92 Å². The van der Waals surface area contributed by atoms with Crippen molar-refractivity contribution in [2.24, 2.45) is 0 Å². The van der Waals surface area contributed by atoms with Gasteiger partial charge < -0.3 is 4.90 Å². The first-order chi connectivity index (χ1) is 8.85. The summed E-state index contributed by atoms with van der Waals surface area (Å²) in [6.07, 6.45) is 1.91. The van der Waals surface area contributed by atoms with E-state index in [0.717, 1.165) is 17.9 Å². The van der Waals surface area contributed by atoms with Crippen LogP contribution in [0.4, 0.5) is 17.1 Å². The molecule has 18 heavy (non-hydrogen) atoms. The number of nitrogens with zero attached hydrogens (tertiary/aromatic N) is 2. The fourth-order valence-corrected chi connectivity index (χ4v) is 1.91. The molecule has 0 unspecified atom stereocenters. The lowest BCUT2D eigenvalue weighted by atomic mass is 10.2. The monoisotopic (exact) mass is 237 g/mol. The van der Waals surface area contributed by atoms with Gasteiger partial charge in [-0.15, -0.1) is 0 Å². The fourth-order valence-electron chi connectivity index (χ4n) is 1.91. The topological polar surface area (TPSA) is 39.1 Å². The highest BCUT2D eigenvalue weighted by molar-refractivity contribution is 5.65. The Bertz CT molecular complexity index is 526. The molecule has 0 fully saturated rings. The van der Waals surface area contributed by atoms with Crippen molar-refractivity contribution in [3.63, 3.8) is 0 Å². The third-order valence-corrected chi connectivity index (χ3v) is 2.76. The number of hydrogen-bond donors (Lipinski definition) is 1. The zero-order chi connectivity index (χ0) is 12.8. The molecule has 0 atom stereocenters. The Morgan fingerprint density at radius 2 is 1.61 bits per heavy atom.